The van der Waals surface area contributed by atoms with Gasteiger partial charge in [0.05, 0.1) is 23.7 Å². The molecule has 2 aliphatic rings. The molecule has 1 N–H and O–H groups in total. The predicted molar refractivity (Wildman–Crippen MR) is 109 cm³/mol. The summed E-state index contributed by atoms with van der Waals surface area (Å²) in [6.07, 6.45) is 0.333. The monoisotopic (exact) mass is 415 g/mol. The van der Waals surface area contributed by atoms with Crippen LogP contribution in [0.3, 0.4) is 0 Å². The number of carbonyl (C=O) groups is 2. The zero-order chi connectivity index (χ0) is 20.5. The quantitative estimate of drug-likeness (QED) is 0.777. The van der Waals surface area contributed by atoms with Gasteiger partial charge in [0.2, 0.25) is 0 Å². The van der Waals surface area contributed by atoms with E-state index in [1.165, 1.54) is 18.4 Å². The van der Waals surface area contributed by atoms with Crippen LogP contribution in [-0.4, -0.2) is 54.3 Å². The maximum atomic E-state index is 12.9. The van der Waals surface area contributed by atoms with Crippen LogP contribution >= 0.6 is 11.3 Å². The topological polar surface area (TPSA) is 76.1 Å². The van der Waals surface area contributed by atoms with Crippen LogP contribution in [-0.2, 0) is 4.74 Å². The van der Waals surface area contributed by atoms with E-state index in [2.05, 4.69) is 0 Å². The summed E-state index contributed by atoms with van der Waals surface area (Å²) in [5, 5.41) is 12.6. The van der Waals surface area contributed by atoms with Crippen molar-refractivity contribution in [3.05, 3.63) is 51.7 Å². The second-order valence-corrected chi connectivity index (χ2v) is 8.79. The summed E-state index contributed by atoms with van der Waals surface area (Å²) < 4.78 is 10.8. The fourth-order valence-corrected chi connectivity index (χ4v) is 5.30. The van der Waals surface area contributed by atoms with Crippen molar-refractivity contribution in [3.63, 3.8) is 0 Å². The van der Waals surface area contributed by atoms with Crippen LogP contribution in [0.5, 0.6) is 5.75 Å². The average Bonchev–Trinajstić information content (AvgIpc) is 3.33. The molecule has 1 amide bonds. The van der Waals surface area contributed by atoms with Crippen LogP contribution in [0.4, 0.5) is 0 Å². The minimum atomic E-state index is -0.600. The van der Waals surface area contributed by atoms with Gasteiger partial charge < -0.3 is 19.5 Å². The summed E-state index contributed by atoms with van der Waals surface area (Å²) in [6, 6.07) is 8.78. The van der Waals surface area contributed by atoms with Gasteiger partial charge in [-0.3, -0.25) is 4.79 Å². The number of methoxy groups -OCH3 is 1. The minimum absolute atomic E-state index is 0.0876. The molecule has 0 unspecified atom stereocenters. The Kier molecular flexibility index (Phi) is 5.61. The van der Waals surface area contributed by atoms with E-state index >= 15 is 0 Å². The molecule has 2 fully saturated rings. The molecular weight excluding hydrogens is 390 g/mol. The summed E-state index contributed by atoms with van der Waals surface area (Å²) in [5.41, 5.74) is 1.43. The Hall–Kier alpha value is -2.38. The van der Waals surface area contributed by atoms with E-state index in [0.29, 0.717) is 43.2 Å². The molecule has 0 spiro atoms. The molecule has 2 heterocycles. The second-order valence-electron chi connectivity index (χ2n) is 7.88. The Morgan fingerprint density at radius 3 is 2.62 bits per heavy atom. The highest BCUT2D eigenvalue weighted by atomic mass is 32.1. The lowest BCUT2D eigenvalue weighted by Crippen LogP contribution is -2.42. The van der Waals surface area contributed by atoms with Crippen molar-refractivity contribution in [3.8, 4) is 5.75 Å². The van der Waals surface area contributed by atoms with Gasteiger partial charge >= 0.3 is 5.97 Å². The molecule has 0 bridgehead atoms. The first-order chi connectivity index (χ1) is 14.0. The molecule has 4 rings (SSSR count). The van der Waals surface area contributed by atoms with Crippen molar-refractivity contribution < 1.29 is 24.2 Å². The average molecular weight is 416 g/mol. The lowest BCUT2D eigenvalue weighted by molar-refractivity contribution is -0.0231. The van der Waals surface area contributed by atoms with Crippen LogP contribution in [0, 0.1) is 18.8 Å². The molecule has 1 aromatic heterocycles. The molecular formula is C22H25NO5S. The Balaban J connectivity index is 1.43. The SMILES string of the molecule is COC(=O)c1cccc(O[C@@H]2C[C@@H]3CN(C(=O)c4sccc4C)C[C@@H]3C[C@H]2O)c1. The molecule has 1 aliphatic heterocycles. The number of rotatable bonds is 4. The number of likely N-dealkylation sites (tertiary alicyclic amines) is 1. The molecule has 2 aromatic rings. The normalized spacial score (nSPS) is 26.1. The van der Waals surface area contributed by atoms with E-state index in [0.717, 1.165) is 10.4 Å². The molecule has 29 heavy (non-hydrogen) atoms. The van der Waals surface area contributed by atoms with Crippen molar-refractivity contribution in [2.24, 2.45) is 11.8 Å². The smallest absolute Gasteiger partial charge is 0.337 e. The number of fused-ring (bicyclic) bond motifs is 1. The maximum absolute atomic E-state index is 12.9. The number of aryl methyl sites for hydroxylation is 1. The number of hydrogen-bond donors (Lipinski definition) is 1. The van der Waals surface area contributed by atoms with E-state index in [1.807, 2.05) is 23.3 Å². The van der Waals surface area contributed by atoms with E-state index in [4.69, 9.17) is 9.47 Å². The third kappa shape index (κ3) is 4.02. The number of nitrogens with zero attached hydrogens (tertiary/aromatic N) is 1. The summed E-state index contributed by atoms with van der Waals surface area (Å²) in [6.45, 7) is 3.33. The number of carbonyl (C=O) groups excluding carboxylic acids is 2. The van der Waals surface area contributed by atoms with Gasteiger partial charge in [-0.2, -0.15) is 0 Å². The van der Waals surface area contributed by atoms with Gasteiger partial charge in [0.1, 0.15) is 11.9 Å². The van der Waals surface area contributed by atoms with Crippen LogP contribution in [0.2, 0.25) is 0 Å². The summed E-state index contributed by atoms with van der Waals surface area (Å²) in [5.74, 6) is 0.792. The van der Waals surface area contributed by atoms with Crippen molar-refractivity contribution >= 4 is 23.2 Å². The first-order valence-corrected chi connectivity index (χ1v) is 10.7. The van der Waals surface area contributed by atoms with Crippen LogP contribution in [0.25, 0.3) is 0 Å². The van der Waals surface area contributed by atoms with Gasteiger partial charge in [-0.25, -0.2) is 4.79 Å². The molecule has 1 aliphatic carbocycles. The number of esters is 1. The van der Waals surface area contributed by atoms with Gasteiger partial charge in [0.25, 0.3) is 5.91 Å². The lowest BCUT2D eigenvalue weighted by atomic mass is 9.78. The third-order valence-electron chi connectivity index (χ3n) is 5.97. The van der Waals surface area contributed by atoms with E-state index in [9.17, 15) is 14.7 Å². The van der Waals surface area contributed by atoms with Crippen LogP contribution < -0.4 is 4.74 Å². The number of benzene rings is 1. The van der Waals surface area contributed by atoms with Crippen molar-refractivity contribution in [1.82, 2.24) is 4.90 Å². The molecule has 4 atom stereocenters. The molecule has 1 saturated carbocycles. The van der Waals surface area contributed by atoms with Gasteiger partial charge in [-0.1, -0.05) is 6.07 Å². The molecule has 6 nitrogen and oxygen atoms in total. The van der Waals surface area contributed by atoms with Gasteiger partial charge in [-0.15, -0.1) is 11.3 Å². The standard InChI is InChI=1S/C22H25NO5S/c1-13-6-7-29-20(13)21(25)23-11-15-9-18(24)19(10-16(15)12-23)28-17-5-3-4-14(8-17)22(26)27-2/h3-8,15-16,18-19,24H,9-12H2,1-2H3/t15-,16+,18+,19+/m0/s1. The molecule has 1 aromatic carbocycles. The molecule has 7 heteroatoms. The number of ether oxygens (including phenoxy) is 2. The Morgan fingerprint density at radius 2 is 1.93 bits per heavy atom. The fourth-order valence-electron chi connectivity index (χ4n) is 4.41. The highest BCUT2D eigenvalue weighted by Gasteiger charge is 2.44. The van der Waals surface area contributed by atoms with E-state index in [1.54, 1.807) is 24.3 Å². The lowest BCUT2D eigenvalue weighted by Gasteiger charge is -2.35. The Bertz CT molecular complexity index is 910. The highest BCUT2D eigenvalue weighted by Crippen LogP contribution is 2.39. The zero-order valence-electron chi connectivity index (χ0n) is 16.5. The Labute approximate surface area is 174 Å². The summed E-state index contributed by atoms with van der Waals surface area (Å²) in [7, 11) is 1.34. The maximum Gasteiger partial charge on any atom is 0.337 e. The van der Waals surface area contributed by atoms with Gasteiger partial charge in [0.15, 0.2) is 0 Å². The molecule has 0 radical (unpaired) electrons. The second kappa shape index (κ2) is 8.16. The zero-order valence-corrected chi connectivity index (χ0v) is 17.4. The van der Waals surface area contributed by atoms with Crippen LogP contribution in [0.15, 0.2) is 35.7 Å². The molecule has 154 valence electrons. The number of aliphatic hydroxyl groups is 1. The summed E-state index contributed by atoms with van der Waals surface area (Å²) in [4.78, 5) is 27.3. The first kappa shape index (κ1) is 19.9. The Morgan fingerprint density at radius 1 is 1.17 bits per heavy atom. The predicted octanol–water partition coefficient (Wildman–Crippen LogP) is 3.13. The summed E-state index contributed by atoms with van der Waals surface area (Å²) >= 11 is 1.48. The number of aliphatic hydroxyl groups excluding tert-OH is 1. The van der Waals surface area contributed by atoms with Crippen molar-refractivity contribution in [1.29, 1.82) is 0 Å². The minimum Gasteiger partial charge on any atom is -0.488 e. The largest absolute Gasteiger partial charge is 0.488 e. The van der Waals surface area contributed by atoms with E-state index in [-0.39, 0.29) is 17.9 Å². The first-order valence-electron chi connectivity index (χ1n) is 9.82. The van der Waals surface area contributed by atoms with Gasteiger partial charge in [-0.05, 0) is 66.8 Å². The third-order valence-corrected chi connectivity index (χ3v) is 6.98. The number of hydrogen-bond acceptors (Lipinski definition) is 6. The molecule has 1 saturated heterocycles. The van der Waals surface area contributed by atoms with Gasteiger partial charge in [0, 0.05) is 13.1 Å². The van der Waals surface area contributed by atoms with E-state index < -0.39 is 12.1 Å². The van der Waals surface area contributed by atoms with Crippen molar-refractivity contribution in [2.75, 3.05) is 20.2 Å². The van der Waals surface area contributed by atoms with Crippen molar-refractivity contribution in [2.45, 2.75) is 32.0 Å². The number of thiophene rings is 1. The highest BCUT2D eigenvalue weighted by molar-refractivity contribution is 7.12. The number of amides is 1. The van der Waals surface area contributed by atoms with Crippen LogP contribution in [0.1, 0.15) is 38.4 Å². The fraction of sp³-hybridized carbons (Fsp3) is 0.455.